The third-order valence-electron chi connectivity index (χ3n) is 24.9. The third kappa shape index (κ3) is 40.4. The SMILES string of the molecule is CCCCCC(=O)NC1C[C@H]2C(=O)N[C@@H](CC(C)C)C(=O)N[C@@H](CCCNC(=N)N)C(=O)N[C@@H](CC(C)C)C(=O)N[C@@H](CCCCN)C(=O)N[C@@H](CCCCN)C(=O)N[C@@H](CCCNC(=N)N)C(=O)N[C@@H](CCCNC(=N)N)C(=O)N[C@@H](Cc3c[nH]c4ccccc34)C(=O)N[C@@H](CCCCN)C(=O)N[C@@H](Cc3ccc(O)cc3)C(=O)N[C@@H](CCCNC(=N)N)C(=O)N[C@@H](C(C)C)C(=O)N3CCC[C@@H]3C(=O)N2C1. The standard InChI is InChI=1S/C95H159N31O16/c1-8-9-10-34-76(128)112-59-51-75-89(140)123-71(48-55(4)5)86(137)118-68(31-21-44-109-94(103)104)82(133)120-70(47-54(2)3)85(136)116-64(27-14-17-40-97)79(130)113-63(26-13-16-39-96)78(129)114-66(29-19-42-107-92(99)100)80(131)115-67(30-20-43-108-93(101)102)83(134)122-73(50-58-52-111-62-25-12-11-24-61(58)62)88(139)117-65(28-15-18-41-98)81(132)121-72(49-57-35-37-60(127)38-36-57)87(138)119-69(32-22-45-110-95(105)106)84(135)124-77(56(6)7)91(142)125-46-23-33-74(125)90(141)126(75)53-59/h11-12,24-25,35-38,52,54-56,59,63-75,77,111,127H,8-10,13-23,26-34,39-51,53,96-98H2,1-7H3,(H,112,128)(H,113,130)(H,114,129)(H,115,131)(H,116,136)(H,117,139)(H,118,137)(H,119,138)(H,120,133)(H,121,132)(H,122,134)(H,123,140)(H,124,135)(H4,99,100,107)(H4,101,102,108)(H4,103,104,109)(H4,105,106,110)/t59?,63-,64-,65-,66-,67-,68-,69-,70-,71-,72-,73-,74+,75-,77-/m0/s1. The molecule has 3 aliphatic heterocycles. The summed E-state index contributed by atoms with van der Waals surface area (Å²) in [4.78, 5) is 235. The van der Waals surface area contributed by atoms with Gasteiger partial charge in [0, 0.05) is 81.7 Å². The molecule has 37 N–H and O–H groups in total. The summed E-state index contributed by atoms with van der Waals surface area (Å²) in [5.41, 5.74) is 42.3. The van der Waals surface area contributed by atoms with Crippen LogP contribution in [-0.4, -0.2) is 282 Å². The van der Waals surface area contributed by atoms with Crippen molar-refractivity contribution in [3.63, 3.8) is 0 Å². The summed E-state index contributed by atoms with van der Waals surface area (Å²) in [5.74, 6) is -15.9. The van der Waals surface area contributed by atoms with Gasteiger partial charge in [0.1, 0.15) is 90.3 Å². The number of fused-ring (bicyclic) bond motifs is 3. The number of carbonyl (C=O) groups excluding carboxylic acids is 15. The number of hydrogen-bond acceptors (Lipinski definition) is 23. The predicted octanol–water partition coefficient (Wildman–Crippen LogP) is -2.66. The number of unbranched alkanes of at least 4 members (excludes halogenated alkanes) is 5. The quantitative estimate of drug-likeness (QED) is 0.0156. The number of amides is 15. The predicted molar refractivity (Wildman–Crippen MR) is 537 cm³/mol. The van der Waals surface area contributed by atoms with Crippen molar-refractivity contribution >= 4 is 123 Å². The van der Waals surface area contributed by atoms with E-state index in [4.69, 9.17) is 61.8 Å². The van der Waals surface area contributed by atoms with Crippen LogP contribution in [0.3, 0.4) is 0 Å². The van der Waals surface area contributed by atoms with E-state index in [0.717, 1.165) is 12.8 Å². The van der Waals surface area contributed by atoms with Crippen LogP contribution in [0.4, 0.5) is 0 Å². The fraction of sp³-hybridized carbons (Fsp3) is 0.653. The topological polar surface area (TPSA) is 781 Å². The molecular weight excluding hydrogens is 1830 g/mol. The number of benzene rings is 2. The number of H-pyrrole nitrogens is 1. The fourth-order valence-electron chi connectivity index (χ4n) is 17.4. The second-order valence-corrected chi connectivity index (χ2v) is 38.0. The van der Waals surface area contributed by atoms with Crippen LogP contribution in [0.1, 0.15) is 227 Å². The molecule has 0 saturated carbocycles. The van der Waals surface area contributed by atoms with E-state index in [1.54, 1.807) is 72.0 Å². The highest BCUT2D eigenvalue weighted by Crippen LogP contribution is 2.29. The first-order valence-corrected chi connectivity index (χ1v) is 50.0. The molecule has 0 radical (unpaired) electrons. The van der Waals surface area contributed by atoms with E-state index in [-0.39, 0.29) is 224 Å². The van der Waals surface area contributed by atoms with E-state index in [9.17, 15) is 9.90 Å². The van der Waals surface area contributed by atoms with Crippen molar-refractivity contribution in [2.45, 2.75) is 319 Å². The van der Waals surface area contributed by atoms with Gasteiger partial charge in [-0.1, -0.05) is 91.6 Å². The van der Waals surface area contributed by atoms with Gasteiger partial charge in [0.15, 0.2) is 23.8 Å². The van der Waals surface area contributed by atoms with Crippen LogP contribution in [0.2, 0.25) is 0 Å². The number of aromatic amines is 1. The average molecular weight is 1990 g/mol. The monoisotopic (exact) mass is 1990 g/mol. The Morgan fingerprint density at radius 2 is 0.775 bits per heavy atom. The Balaban J connectivity index is 1.57. The van der Waals surface area contributed by atoms with Gasteiger partial charge < -0.3 is 150 Å². The zero-order valence-electron chi connectivity index (χ0n) is 83.3. The van der Waals surface area contributed by atoms with E-state index in [1.165, 1.54) is 34.1 Å². The molecule has 3 aliphatic rings. The van der Waals surface area contributed by atoms with Crippen LogP contribution in [-0.2, 0) is 84.8 Å². The number of phenols is 1. The Bertz CT molecular complexity index is 4690. The summed E-state index contributed by atoms with van der Waals surface area (Å²) in [6.45, 7) is 12.6. The maximum atomic E-state index is 15.7. The molecule has 15 amide bonds. The molecule has 4 heterocycles. The molecule has 47 heteroatoms. The van der Waals surface area contributed by atoms with Gasteiger partial charge in [0.25, 0.3) is 0 Å². The molecule has 47 nitrogen and oxygen atoms in total. The summed E-state index contributed by atoms with van der Waals surface area (Å²) in [5, 5.41) is 90.1. The molecule has 0 aliphatic carbocycles. The average Bonchev–Trinajstić information content (AvgIpc) is 1.64. The third-order valence-corrected chi connectivity index (χ3v) is 24.9. The highest BCUT2D eigenvalue weighted by molar-refractivity contribution is 6.02. The molecule has 3 fully saturated rings. The largest absolute Gasteiger partial charge is 0.508 e. The van der Waals surface area contributed by atoms with Crippen LogP contribution in [0.15, 0.2) is 54.7 Å². The lowest BCUT2D eigenvalue weighted by Crippen LogP contribution is -2.62. The van der Waals surface area contributed by atoms with Crippen LogP contribution < -0.4 is 131 Å². The number of aromatic nitrogens is 1. The van der Waals surface area contributed by atoms with Gasteiger partial charge in [-0.25, -0.2) is 0 Å². The number of aromatic hydroxyl groups is 1. The smallest absolute Gasteiger partial charge is 0.246 e. The number of nitrogens with one attached hydrogen (secondary N) is 22. The minimum Gasteiger partial charge on any atom is -0.508 e. The maximum absolute atomic E-state index is 15.7. The van der Waals surface area contributed by atoms with E-state index < -0.39 is 203 Å². The highest BCUT2D eigenvalue weighted by Gasteiger charge is 2.49. The van der Waals surface area contributed by atoms with Crippen molar-refractivity contribution in [1.82, 2.24) is 105 Å². The van der Waals surface area contributed by atoms with E-state index in [1.807, 2.05) is 6.92 Å². The molecule has 3 saturated heterocycles. The van der Waals surface area contributed by atoms with Crippen LogP contribution in [0, 0.1) is 39.4 Å². The molecular formula is C95H159N31O16. The van der Waals surface area contributed by atoms with Crippen molar-refractivity contribution in [3.8, 4) is 5.75 Å². The van der Waals surface area contributed by atoms with Gasteiger partial charge in [-0.2, -0.15) is 0 Å². The molecule has 6 rings (SSSR count). The van der Waals surface area contributed by atoms with Crippen molar-refractivity contribution in [2.24, 2.45) is 57.9 Å². The lowest BCUT2D eigenvalue weighted by molar-refractivity contribution is -0.148. The van der Waals surface area contributed by atoms with E-state index >= 15 is 67.1 Å². The van der Waals surface area contributed by atoms with Crippen molar-refractivity contribution < 1.29 is 77.0 Å². The van der Waals surface area contributed by atoms with Crippen molar-refractivity contribution in [1.29, 1.82) is 21.6 Å². The molecule has 15 atom stereocenters. The molecule has 3 aromatic rings. The molecule has 2 aromatic carbocycles. The van der Waals surface area contributed by atoms with Crippen LogP contribution in [0.5, 0.6) is 5.75 Å². The Hall–Kier alpha value is -13.2. The molecule has 0 spiro atoms. The van der Waals surface area contributed by atoms with Gasteiger partial charge in [0.05, 0.1) is 0 Å². The Morgan fingerprint density at radius 1 is 0.415 bits per heavy atom. The first-order valence-electron chi connectivity index (χ1n) is 50.0. The fourth-order valence-corrected chi connectivity index (χ4v) is 17.4. The minimum absolute atomic E-state index is 0.000733. The normalized spacial score (nSPS) is 23.6. The minimum atomic E-state index is -1.62. The van der Waals surface area contributed by atoms with E-state index in [2.05, 4.69) is 95.4 Å². The number of phenolic OH excluding ortho intramolecular Hbond substituents is 1. The lowest BCUT2D eigenvalue weighted by atomic mass is 9.99. The summed E-state index contributed by atoms with van der Waals surface area (Å²) >= 11 is 0. The summed E-state index contributed by atoms with van der Waals surface area (Å²) < 4.78 is 0. The second-order valence-electron chi connectivity index (χ2n) is 38.0. The first-order chi connectivity index (χ1) is 67.6. The van der Waals surface area contributed by atoms with Gasteiger partial charge in [-0.15, -0.1) is 0 Å². The summed E-state index contributed by atoms with van der Waals surface area (Å²) in [6, 6.07) is -8.94. The number of hydrogen-bond donors (Lipinski definition) is 30. The maximum Gasteiger partial charge on any atom is 0.246 e. The number of para-hydroxylation sites is 1. The zero-order valence-corrected chi connectivity index (χ0v) is 83.3. The molecule has 790 valence electrons. The number of guanidine groups is 4. The number of nitrogens with zero attached hydrogens (tertiary/aromatic N) is 2. The lowest BCUT2D eigenvalue weighted by Gasteiger charge is -2.34. The zero-order chi connectivity index (χ0) is 105. The Morgan fingerprint density at radius 3 is 1.16 bits per heavy atom. The Kier molecular flexibility index (Phi) is 50.9. The first kappa shape index (κ1) is 117. The summed E-state index contributed by atoms with van der Waals surface area (Å²) in [6.07, 6.45) is 4.10. The van der Waals surface area contributed by atoms with Gasteiger partial charge in [0.2, 0.25) is 88.6 Å². The molecule has 142 heavy (non-hydrogen) atoms. The van der Waals surface area contributed by atoms with Crippen molar-refractivity contribution in [3.05, 3.63) is 65.9 Å². The highest BCUT2D eigenvalue weighted by atomic mass is 16.3. The van der Waals surface area contributed by atoms with E-state index in [0.29, 0.717) is 47.7 Å². The van der Waals surface area contributed by atoms with Gasteiger partial charge >= 0.3 is 0 Å². The number of nitrogens with two attached hydrogens (primary N) is 7. The number of rotatable bonds is 42. The van der Waals surface area contributed by atoms with Gasteiger partial charge in [-0.3, -0.25) is 93.6 Å². The summed E-state index contributed by atoms with van der Waals surface area (Å²) in [7, 11) is 0. The van der Waals surface area contributed by atoms with Gasteiger partial charge in [-0.05, 0) is 214 Å². The van der Waals surface area contributed by atoms with Crippen LogP contribution in [0.25, 0.3) is 10.9 Å². The van der Waals surface area contributed by atoms with Crippen LogP contribution >= 0.6 is 0 Å². The molecule has 0 bridgehead atoms. The molecule has 1 unspecified atom stereocenters. The molecule has 1 aromatic heterocycles. The van der Waals surface area contributed by atoms with Crippen molar-refractivity contribution in [2.75, 3.05) is 58.9 Å². The number of carbonyl (C=O) groups is 15. The second kappa shape index (κ2) is 61.5. The Labute approximate surface area is 830 Å².